The molecule has 3 nitrogen and oxygen atoms in total. The third-order valence-electron chi connectivity index (χ3n) is 2.30. The summed E-state index contributed by atoms with van der Waals surface area (Å²) < 4.78 is 13.9. The van der Waals surface area contributed by atoms with E-state index in [1.54, 1.807) is 18.3 Å². The van der Waals surface area contributed by atoms with Crippen LogP contribution in [0.25, 0.3) is 0 Å². The predicted octanol–water partition coefficient (Wildman–Crippen LogP) is 3.47. The van der Waals surface area contributed by atoms with Crippen LogP contribution in [0.2, 0.25) is 0 Å². The van der Waals surface area contributed by atoms with Gasteiger partial charge in [-0.3, -0.25) is 0 Å². The molecule has 1 N–H and O–H groups in total. The first-order valence-corrected chi connectivity index (χ1v) is 6.01. The molecule has 0 bridgehead atoms. The molecule has 0 atom stereocenters. The number of anilines is 1. The summed E-state index contributed by atoms with van der Waals surface area (Å²) in [5.74, 6) is -0.279. The zero-order chi connectivity index (χ0) is 13.0. The van der Waals surface area contributed by atoms with E-state index < -0.39 is 0 Å². The molecule has 1 heterocycles. The highest BCUT2D eigenvalue weighted by atomic mass is 79.9. The molecular formula is C13H9BrFN3. The van der Waals surface area contributed by atoms with E-state index in [4.69, 9.17) is 5.26 Å². The van der Waals surface area contributed by atoms with E-state index in [1.165, 1.54) is 12.1 Å². The van der Waals surface area contributed by atoms with Gasteiger partial charge in [0.15, 0.2) is 0 Å². The van der Waals surface area contributed by atoms with Crippen molar-refractivity contribution in [3.05, 3.63) is 58.1 Å². The smallest absolute Gasteiger partial charge is 0.140 e. The summed E-state index contributed by atoms with van der Waals surface area (Å²) in [5, 5.41) is 11.7. The predicted molar refractivity (Wildman–Crippen MR) is 70.4 cm³/mol. The Hall–Kier alpha value is -1.93. The molecule has 0 aliphatic heterocycles. The van der Waals surface area contributed by atoms with Crippen molar-refractivity contribution >= 4 is 21.6 Å². The molecule has 0 fully saturated rings. The molecule has 90 valence electrons. The first-order valence-electron chi connectivity index (χ1n) is 5.22. The molecule has 1 aromatic heterocycles. The van der Waals surface area contributed by atoms with Crippen LogP contribution in [-0.4, -0.2) is 4.98 Å². The van der Waals surface area contributed by atoms with Crippen LogP contribution in [0.3, 0.4) is 0 Å². The number of benzene rings is 1. The van der Waals surface area contributed by atoms with Crippen LogP contribution < -0.4 is 5.32 Å². The van der Waals surface area contributed by atoms with Crippen LogP contribution in [0.4, 0.5) is 10.1 Å². The lowest BCUT2D eigenvalue weighted by atomic mass is 10.2. The standard InChI is InChI=1S/C13H9BrFN3/c14-10-3-9(4-11(15)5-10)7-17-13-2-1-12(6-16)18-8-13/h1-5,8,17H,7H2. The minimum absolute atomic E-state index is 0.279. The van der Waals surface area contributed by atoms with Crippen molar-refractivity contribution in [1.29, 1.82) is 5.26 Å². The Morgan fingerprint density at radius 1 is 1.33 bits per heavy atom. The van der Waals surface area contributed by atoms with Gasteiger partial charge in [-0.2, -0.15) is 5.26 Å². The normalized spacial score (nSPS) is 9.83. The average molecular weight is 306 g/mol. The maximum Gasteiger partial charge on any atom is 0.140 e. The van der Waals surface area contributed by atoms with Gasteiger partial charge in [0.2, 0.25) is 0 Å². The van der Waals surface area contributed by atoms with Crippen molar-refractivity contribution < 1.29 is 4.39 Å². The van der Waals surface area contributed by atoms with Gasteiger partial charge in [-0.1, -0.05) is 15.9 Å². The van der Waals surface area contributed by atoms with Gasteiger partial charge in [-0.25, -0.2) is 9.37 Å². The molecule has 18 heavy (non-hydrogen) atoms. The molecule has 2 aromatic rings. The van der Waals surface area contributed by atoms with Gasteiger partial charge in [0.25, 0.3) is 0 Å². The third-order valence-corrected chi connectivity index (χ3v) is 2.75. The highest BCUT2D eigenvalue weighted by molar-refractivity contribution is 9.10. The van der Waals surface area contributed by atoms with E-state index in [-0.39, 0.29) is 5.82 Å². The fraction of sp³-hybridized carbons (Fsp3) is 0.0769. The maximum absolute atomic E-state index is 13.1. The van der Waals surface area contributed by atoms with Gasteiger partial charge < -0.3 is 5.32 Å². The molecule has 0 unspecified atom stereocenters. The van der Waals surface area contributed by atoms with E-state index in [2.05, 4.69) is 26.2 Å². The number of aromatic nitrogens is 1. The number of hydrogen-bond donors (Lipinski definition) is 1. The van der Waals surface area contributed by atoms with E-state index in [9.17, 15) is 4.39 Å². The van der Waals surface area contributed by atoms with E-state index in [1.807, 2.05) is 12.1 Å². The van der Waals surface area contributed by atoms with Crippen LogP contribution >= 0.6 is 15.9 Å². The van der Waals surface area contributed by atoms with Gasteiger partial charge in [0, 0.05) is 11.0 Å². The Morgan fingerprint density at radius 2 is 2.17 bits per heavy atom. The summed E-state index contributed by atoms with van der Waals surface area (Å²) in [5.41, 5.74) is 1.98. The summed E-state index contributed by atoms with van der Waals surface area (Å²) in [6.07, 6.45) is 1.58. The Morgan fingerprint density at radius 3 is 2.78 bits per heavy atom. The third kappa shape index (κ3) is 3.28. The molecule has 0 saturated heterocycles. The lowest BCUT2D eigenvalue weighted by Gasteiger charge is -2.06. The molecule has 1 aromatic carbocycles. The first-order chi connectivity index (χ1) is 8.67. The van der Waals surface area contributed by atoms with E-state index in [0.29, 0.717) is 16.7 Å². The molecule has 0 amide bonds. The summed E-state index contributed by atoms with van der Waals surface area (Å²) in [7, 11) is 0. The number of nitrogens with one attached hydrogen (secondary N) is 1. The zero-order valence-corrected chi connectivity index (χ0v) is 10.9. The SMILES string of the molecule is N#Cc1ccc(NCc2cc(F)cc(Br)c2)cn1. The maximum atomic E-state index is 13.1. The molecule has 0 saturated carbocycles. The van der Waals surface area contributed by atoms with E-state index >= 15 is 0 Å². The highest BCUT2D eigenvalue weighted by Crippen LogP contribution is 2.16. The second kappa shape index (κ2) is 5.61. The Balaban J connectivity index is 2.04. The topological polar surface area (TPSA) is 48.7 Å². The number of nitriles is 1. The summed E-state index contributed by atoms with van der Waals surface area (Å²) >= 11 is 3.24. The number of rotatable bonds is 3. The highest BCUT2D eigenvalue weighted by Gasteiger charge is 2.00. The van der Waals surface area contributed by atoms with E-state index in [0.717, 1.165) is 11.3 Å². The molecule has 0 radical (unpaired) electrons. The van der Waals surface area contributed by atoms with Crippen molar-refractivity contribution in [2.24, 2.45) is 0 Å². The number of pyridine rings is 1. The minimum atomic E-state index is -0.279. The van der Waals surface area contributed by atoms with Crippen molar-refractivity contribution in [2.45, 2.75) is 6.54 Å². The number of nitrogens with zero attached hydrogens (tertiary/aromatic N) is 2. The van der Waals surface area contributed by atoms with Crippen molar-refractivity contribution in [3.63, 3.8) is 0 Å². The van der Waals surface area contributed by atoms with Crippen molar-refractivity contribution in [1.82, 2.24) is 4.98 Å². The van der Waals surface area contributed by atoms with Crippen LogP contribution in [0, 0.1) is 17.1 Å². The molecular weight excluding hydrogens is 297 g/mol. The molecule has 0 spiro atoms. The molecule has 5 heteroatoms. The zero-order valence-electron chi connectivity index (χ0n) is 9.32. The quantitative estimate of drug-likeness (QED) is 0.944. The average Bonchev–Trinajstić information content (AvgIpc) is 2.36. The first kappa shape index (κ1) is 12.5. The van der Waals surface area contributed by atoms with Gasteiger partial charge in [0.1, 0.15) is 17.6 Å². The molecule has 0 aliphatic rings. The second-order valence-corrected chi connectivity index (χ2v) is 4.59. The Bertz CT molecular complexity index is 570. The van der Waals surface area contributed by atoms with Crippen LogP contribution in [0.5, 0.6) is 0 Å². The largest absolute Gasteiger partial charge is 0.380 e. The van der Waals surface area contributed by atoms with Gasteiger partial charge in [-0.05, 0) is 35.9 Å². The number of hydrogen-bond acceptors (Lipinski definition) is 3. The van der Waals surface area contributed by atoms with Crippen molar-refractivity contribution in [2.75, 3.05) is 5.32 Å². The lowest BCUT2D eigenvalue weighted by molar-refractivity contribution is 0.625. The summed E-state index contributed by atoms with van der Waals surface area (Å²) in [4.78, 5) is 3.94. The van der Waals surface area contributed by atoms with Crippen LogP contribution in [0.15, 0.2) is 41.0 Å². The molecule has 2 rings (SSSR count). The summed E-state index contributed by atoms with van der Waals surface area (Å²) in [6, 6.07) is 10.1. The fourth-order valence-corrected chi connectivity index (χ4v) is 1.99. The van der Waals surface area contributed by atoms with Crippen molar-refractivity contribution in [3.8, 4) is 6.07 Å². The fourth-order valence-electron chi connectivity index (χ4n) is 1.48. The Kier molecular flexibility index (Phi) is 3.90. The molecule has 0 aliphatic carbocycles. The monoisotopic (exact) mass is 305 g/mol. The van der Waals surface area contributed by atoms with Crippen LogP contribution in [-0.2, 0) is 6.54 Å². The lowest BCUT2D eigenvalue weighted by Crippen LogP contribution is -2.00. The Labute approximate surface area is 112 Å². The van der Waals surface area contributed by atoms with Gasteiger partial charge in [0.05, 0.1) is 11.9 Å². The van der Waals surface area contributed by atoms with Crippen LogP contribution in [0.1, 0.15) is 11.3 Å². The van der Waals surface area contributed by atoms with Gasteiger partial charge >= 0.3 is 0 Å². The van der Waals surface area contributed by atoms with Gasteiger partial charge in [-0.15, -0.1) is 0 Å². The second-order valence-electron chi connectivity index (χ2n) is 3.68. The summed E-state index contributed by atoms with van der Waals surface area (Å²) in [6.45, 7) is 0.490. The minimum Gasteiger partial charge on any atom is -0.380 e. The number of halogens is 2.